The number of benzene rings is 1. The van der Waals surface area contributed by atoms with E-state index in [0.29, 0.717) is 31.5 Å². The molecule has 18 heavy (non-hydrogen) atoms. The average Bonchev–Trinajstić information content (AvgIpc) is 2.39. The first-order chi connectivity index (χ1) is 8.58. The number of carboxylic acid groups (broad SMARTS) is 1. The van der Waals surface area contributed by atoms with Gasteiger partial charge in [0.05, 0.1) is 0 Å². The molecule has 0 atom stereocenters. The van der Waals surface area contributed by atoms with Crippen LogP contribution in [0.2, 0.25) is 0 Å². The van der Waals surface area contributed by atoms with Crippen LogP contribution in [0.4, 0.5) is 0 Å². The summed E-state index contributed by atoms with van der Waals surface area (Å²) in [6.07, 6.45) is 0.954. The molecule has 0 bridgehead atoms. The van der Waals surface area contributed by atoms with Crippen molar-refractivity contribution in [2.75, 3.05) is 13.1 Å². The molecule has 1 aromatic carbocycles. The van der Waals surface area contributed by atoms with Crippen molar-refractivity contribution in [3.8, 4) is 0 Å². The summed E-state index contributed by atoms with van der Waals surface area (Å²) in [4.78, 5) is 24.6. The second kappa shape index (κ2) is 5.52. The van der Waals surface area contributed by atoms with E-state index in [9.17, 15) is 14.7 Å². The predicted octanol–water partition coefficient (Wildman–Crippen LogP) is 1.05. The summed E-state index contributed by atoms with van der Waals surface area (Å²) in [6.45, 7) is 0.959. The smallest absolute Gasteiger partial charge is 0.253 e. The summed E-state index contributed by atoms with van der Waals surface area (Å²) in [6, 6.07) is 7.16. The fourth-order valence-electron chi connectivity index (χ4n) is 2.09. The lowest BCUT2D eigenvalue weighted by Gasteiger charge is -2.32. The summed E-state index contributed by atoms with van der Waals surface area (Å²) < 4.78 is 0.926. The molecule has 0 unspecified atom stereocenters. The molecule has 0 spiro atoms. The molecule has 1 aromatic rings. The number of amides is 1. The van der Waals surface area contributed by atoms with Crippen molar-refractivity contribution in [1.82, 2.24) is 4.90 Å². The normalized spacial score (nSPS) is 16.6. The molecule has 0 aromatic heterocycles. The third-order valence-corrected chi connectivity index (χ3v) is 3.74. The summed E-state index contributed by atoms with van der Waals surface area (Å²) in [7, 11) is 0. The van der Waals surface area contributed by atoms with E-state index in [2.05, 4.69) is 15.9 Å². The SMILES string of the molecule is O=C([O-])C1CCN(C(=O)c2ccc(Br)cc2)CC1. The van der Waals surface area contributed by atoms with Gasteiger partial charge in [-0.3, -0.25) is 4.79 Å². The van der Waals surface area contributed by atoms with Crippen LogP contribution in [0.1, 0.15) is 23.2 Å². The molecule has 96 valence electrons. The molecule has 1 aliphatic rings. The first kappa shape index (κ1) is 13.1. The third kappa shape index (κ3) is 2.90. The molecule has 4 nitrogen and oxygen atoms in total. The lowest BCUT2D eigenvalue weighted by atomic mass is 9.96. The van der Waals surface area contributed by atoms with Crippen LogP contribution in [0.25, 0.3) is 0 Å². The molecule has 1 amide bonds. The maximum absolute atomic E-state index is 12.1. The van der Waals surface area contributed by atoms with Gasteiger partial charge in [0.2, 0.25) is 0 Å². The number of likely N-dealkylation sites (tertiary alicyclic amines) is 1. The first-order valence-corrected chi connectivity index (χ1v) is 6.63. The van der Waals surface area contributed by atoms with Crippen LogP contribution >= 0.6 is 15.9 Å². The van der Waals surface area contributed by atoms with Crippen LogP contribution in [-0.2, 0) is 4.79 Å². The molecule has 0 saturated carbocycles. The van der Waals surface area contributed by atoms with Gasteiger partial charge in [-0.2, -0.15) is 0 Å². The number of carbonyl (C=O) groups excluding carboxylic acids is 2. The molecule has 1 aliphatic heterocycles. The van der Waals surface area contributed by atoms with Gasteiger partial charge < -0.3 is 14.8 Å². The van der Waals surface area contributed by atoms with Crippen molar-refractivity contribution in [2.45, 2.75) is 12.8 Å². The number of aliphatic carboxylic acids is 1. The number of nitrogens with zero attached hydrogens (tertiary/aromatic N) is 1. The highest BCUT2D eigenvalue weighted by Crippen LogP contribution is 2.19. The minimum Gasteiger partial charge on any atom is -0.550 e. The number of carboxylic acids is 1. The molecule has 0 aliphatic carbocycles. The van der Waals surface area contributed by atoms with Crippen molar-refractivity contribution in [1.29, 1.82) is 0 Å². The van der Waals surface area contributed by atoms with Crippen LogP contribution in [0, 0.1) is 5.92 Å². The molecule has 2 rings (SSSR count). The zero-order valence-electron chi connectivity index (χ0n) is 9.77. The Morgan fingerprint density at radius 3 is 2.22 bits per heavy atom. The number of hydrogen-bond donors (Lipinski definition) is 0. The fourth-order valence-corrected chi connectivity index (χ4v) is 2.36. The van der Waals surface area contributed by atoms with Crippen LogP contribution in [0.3, 0.4) is 0 Å². The van der Waals surface area contributed by atoms with Gasteiger partial charge in [0.25, 0.3) is 5.91 Å². The third-order valence-electron chi connectivity index (χ3n) is 3.21. The molecule has 1 saturated heterocycles. The number of halogens is 1. The van der Waals surface area contributed by atoms with E-state index in [1.54, 1.807) is 17.0 Å². The Kier molecular flexibility index (Phi) is 4.01. The topological polar surface area (TPSA) is 60.4 Å². The largest absolute Gasteiger partial charge is 0.550 e. The van der Waals surface area contributed by atoms with Crippen LogP contribution in [-0.4, -0.2) is 29.9 Å². The van der Waals surface area contributed by atoms with E-state index in [4.69, 9.17) is 0 Å². The maximum atomic E-state index is 12.1. The molecule has 0 radical (unpaired) electrons. The van der Waals surface area contributed by atoms with Gasteiger partial charge in [0.15, 0.2) is 0 Å². The van der Waals surface area contributed by atoms with Gasteiger partial charge in [-0.05, 0) is 37.1 Å². The molecular weight excluding hydrogens is 298 g/mol. The lowest BCUT2D eigenvalue weighted by molar-refractivity contribution is -0.312. The Bertz CT molecular complexity index is 450. The Balaban J connectivity index is 1.99. The number of rotatable bonds is 2. The van der Waals surface area contributed by atoms with E-state index in [0.717, 1.165) is 4.47 Å². The highest BCUT2D eigenvalue weighted by molar-refractivity contribution is 9.10. The zero-order valence-corrected chi connectivity index (χ0v) is 11.4. The van der Waals surface area contributed by atoms with E-state index < -0.39 is 11.9 Å². The minimum atomic E-state index is -1.01. The fraction of sp³-hybridized carbons (Fsp3) is 0.385. The zero-order chi connectivity index (χ0) is 13.1. The molecule has 1 fully saturated rings. The highest BCUT2D eigenvalue weighted by Gasteiger charge is 2.23. The van der Waals surface area contributed by atoms with Gasteiger partial charge in [-0.15, -0.1) is 0 Å². The predicted molar refractivity (Wildman–Crippen MR) is 67.8 cm³/mol. The molecule has 5 heteroatoms. The van der Waals surface area contributed by atoms with Gasteiger partial charge in [-0.25, -0.2) is 0 Å². The summed E-state index contributed by atoms with van der Waals surface area (Å²) in [5.41, 5.74) is 0.630. The van der Waals surface area contributed by atoms with Crippen molar-refractivity contribution >= 4 is 27.8 Å². The first-order valence-electron chi connectivity index (χ1n) is 5.83. The summed E-state index contributed by atoms with van der Waals surface area (Å²) >= 11 is 3.32. The average molecular weight is 311 g/mol. The number of hydrogen-bond acceptors (Lipinski definition) is 3. The van der Waals surface area contributed by atoms with Gasteiger partial charge in [-0.1, -0.05) is 15.9 Å². The van der Waals surface area contributed by atoms with E-state index >= 15 is 0 Å². The Hall–Kier alpha value is -1.36. The number of carbonyl (C=O) groups is 2. The van der Waals surface area contributed by atoms with E-state index in [1.165, 1.54) is 0 Å². The molecular formula is C13H13BrNO3-. The summed E-state index contributed by atoms with van der Waals surface area (Å²) in [5.74, 6) is -1.47. The second-order valence-electron chi connectivity index (χ2n) is 4.39. The van der Waals surface area contributed by atoms with Crippen LogP contribution in [0.15, 0.2) is 28.7 Å². The monoisotopic (exact) mass is 310 g/mol. The molecule has 1 heterocycles. The Morgan fingerprint density at radius 1 is 1.17 bits per heavy atom. The van der Waals surface area contributed by atoms with Crippen molar-refractivity contribution in [3.63, 3.8) is 0 Å². The van der Waals surface area contributed by atoms with Gasteiger partial charge >= 0.3 is 0 Å². The number of piperidine rings is 1. The second-order valence-corrected chi connectivity index (χ2v) is 5.31. The van der Waals surface area contributed by atoms with E-state index in [1.807, 2.05) is 12.1 Å². The van der Waals surface area contributed by atoms with Crippen LogP contribution in [0.5, 0.6) is 0 Å². The van der Waals surface area contributed by atoms with Gasteiger partial charge in [0.1, 0.15) is 0 Å². The Morgan fingerprint density at radius 2 is 1.72 bits per heavy atom. The lowest BCUT2D eigenvalue weighted by Crippen LogP contribution is -2.43. The van der Waals surface area contributed by atoms with E-state index in [-0.39, 0.29) is 5.91 Å². The van der Waals surface area contributed by atoms with Crippen molar-refractivity contribution < 1.29 is 14.7 Å². The quantitative estimate of drug-likeness (QED) is 0.820. The maximum Gasteiger partial charge on any atom is 0.253 e. The Labute approximate surface area is 114 Å². The standard InChI is InChI=1S/C13H14BrNO3/c14-11-3-1-9(2-4-11)12(16)15-7-5-10(6-8-15)13(17)18/h1-4,10H,5-8H2,(H,17,18)/p-1. The minimum absolute atomic E-state index is 0.0423. The van der Waals surface area contributed by atoms with Crippen molar-refractivity contribution in [2.24, 2.45) is 5.92 Å². The van der Waals surface area contributed by atoms with Crippen LogP contribution < -0.4 is 5.11 Å². The van der Waals surface area contributed by atoms with Gasteiger partial charge in [0, 0.05) is 35.0 Å². The molecule has 0 N–H and O–H groups in total. The highest BCUT2D eigenvalue weighted by atomic mass is 79.9. The summed E-state index contributed by atoms with van der Waals surface area (Å²) in [5, 5.41) is 10.7. The van der Waals surface area contributed by atoms with Crippen molar-refractivity contribution in [3.05, 3.63) is 34.3 Å².